The highest BCUT2D eigenvalue weighted by atomic mass is 35.5. The number of carboxylic acids is 1. The molecule has 0 aliphatic rings. The van der Waals surface area contributed by atoms with E-state index < -0.39 is 12.1 Å². The smallest absolute Gasteiger partial charge is 0.337 e. The van der Waals surface area contributed by atoms with Crippen LogP contribution in [0.5, 0.6) is 0 Å². The number of halogens is 1. The third kappa shape index (κ3) is 3.63. The first-order chi connectivity index (χ1) is 8.11. The van der Waals surface area contributed by atoms with E-state index in [0.29, 0.717) is 11.4 Å². The largest absolute Gasteiger partial charge is 0.479 e. The van der Waals surface area contributed by atoms with E-state index >= 15 is 0 Å². The van der Waals surface area contributed by atoms with E-state index in [1.54, 1.807) is 12.1 Å². The van der Waals surface area contributed by atoms with E-state index in [2.05, 4.69) is 0 Å². The topological polar surface area (TPSA) is 57.5 Å². The first-order valence-electron chi connectivity index (χ1n) is 5.24. The molecule has 0 fully saturated rings. The van der Waals surface area contributed by atoms with Crippen LogP contribution >= 0.6 is 23.4 Å². The summed E-state index contributed by atoms with van der Waals surface area (Å²) in [6.07, 6.45) is 2.03. The first kappa shape index (κ1) is 14.4. The molecule has 1 atom stereocenters. The standard InChI is InChI=1S/C12H15ClO3S/c1-17-11-8(5-3-7-13)4-2-6-9(11)10(14)12(15)16/h2,4,6,10,14H,3,5,7H2,1H3,(H,15,16). The van der Waals surface area contributed by atoms with Crippen LogP contribution in [0.2, 0.25) is 0 Å². The van der Waals surface area contributed by atoms with Gasteiger partial charge >= 0.3 is 5.97 Å². The van der Waals surface area contributed by atoms with E-state index in [4.69, 9.17) is 16.7 Å². The maximum Gasteiger partial charge on any atom is 0.337 e. The maximum atomic E-state index is 10.8. The van der Waals surface area contributed by atoms with Gasteiger partial charge in [-0.2, -0.15) is 0 Å². The van der Waals surface area contributed by atoms with Gasteiger partial charge in [-0.05, 0) is 24.7 Å². The molecular weight excluding hydrogens is 260 g/mol. The summed E-state index contributed by atoms with van der Waals surface area (Å²) in [7, 11) is 0. The van der Waals surface area contributed by atoms with E-state index in [0.717, 1.165) is 23.3 Å². The number of aliphatic carboxylic acids is 1. The highest BCUT2D eigenvalue weighted by Gasteiger charge is 2.20. The Kier molecular flexibility index (Phi) is 5.82. The Morgan fingerprint density at radius 1 is 1.53 bits per heavy atom. The number of hydrogen-bond donors (Lipinski definition) is 2. The van der Waals surface area contributed by atoms with Crippen LogP contribution in [0.3, 0.4) is 0 Å². The van der Waals surface area contributed by atoms with E-state index in [-0.39, 0.29) is 0 Å². The number of carboxylic acid groups (broad SMARTS) is 1. The molecule has 0 amide bonds. The van der Waals surface area contributed by atoms with Crippen molar-refractivity contribution in [2.24, 2.45) is 0 Å². The van der Waals surface area contributed by atoms with Gasteiger partial charge in [-0.15, -0.1) is 23.4 Å². The van der Waals surface area contributed by atoms with Crippen LogP contribution in [0.4, 0.5) is 0 Å². The van der Waals surface area contributed by atoms with E-state index in [1.807, 2.05) is 12.3 Å². The van der Waals surface area contributed by atoms with Crippen LogP contribution in [-0.4, -0.2) is 28.3 Å². The summed E-state index contributed by atoms with van der Waals surface area (Å²) in [6.45, 7) is 0. The minimum atomic E-state index is -1.46. The van der Waals surface area contributed by atoms with Crippen LogP contribution in [-0.2, 0) is 11.2 Å². The minimum Gasteiger partial charge on any atom is -0.479 e. The number of hydrogen-bond acceptors (Lipinski definition) is 3. The molecule has 0 bridgehead atoms. The average Bonchev–Trinajstić information content (AvgIpc) is 2.34. The molecule has 2 N–H and O–H groups in total. The van der Waals surface area contributed by atoms with Crippen molar-refractivity contribution in [3.05, 3.63) is 29.3 Å². The van der Waals surface area contributed by atoms with Crippen molar-refractivity contribution in [3.8, 4) is 0 Å². The summed E-state index contributed by atoms with van der Waals surface area (Å²) in [6, 6.07) is 5.36. The summed E-state index contributed by atoms with van der Waals surface area (Å²) < 4.78 is 0. The quantitative estimate of drug-likeness (QED) is 0.619. The van der Waals surface area contributed by atoms with Crippen molar-refractivity contribution in [1.29, 1.82) is 0 Å². The van der Waals surface area contributed by atoms with E-state index in [9.17, 15) is 9.90 Å². The molecule has 0 spiro atoms. The van der Waals surface area contributed by atoms with Gasteiger partial charge in [-0.25, -0.2) is 4.79 Å². The van der Waals surface area contributed by atoms with Crippen molar-refractivity contribution in [2.75, 3.05) is 12.1 Å². The Balaban J connectivity index is 3.09. The summed E-state index contributed by atoms with van der Waals surface area (Å²) in [5.74, 6) is -0.658. The van der Waals surface area contributed by atoms with E-state index in [1.165, 1.54) is 11.8 Å². The molecule has 0 aromatic heterocycles. The normalized spacial score (nSPS) is 12.4. The number of thioether (sulfide) groups is 1. The van der Waals surface area contributed by atoms with Crippen molar-refractivity contribution < 1.29 is 15.0 Å². The van der Waals surface area contributed by atoms with Crippen LogP contribution in [0.25, 0.3) is 0 Å². The lowest BCUT2D eigenvalue weighted by molar-refractivity contribution is -0.147. The van der Waals surface area contributed by atoms with Gasteiger partial charge in [0.25, 0.3) is 0 Å². The zero-order valence-electron chi connectivity index (χ0n) is 9.52. The molecule has 0 saturated heterocycles. The zero-order chi connectivity index (χ0) is 12.8. The predicted octanol–water partition coefficient (Wildman–Crippen LogP) is 2.70. The SMILES string of the molecule is CSc1c(CCCCl)cccc1C(O)C(=O)O. The minimum absolute atomic E-state index is 0.456. The van der Waals surface area contributed by atoms with Gasteiger partial charge in [0, 0.05) is 16.3 Å². The third-order valence-electron chi connectivity index (χ3n) is 2.44. The monoisotopic (exact) mass is 274 g/mol. The number of aryl methyl sites for hydroxylation is 1. The number of rotatable bonds is 6. The summed E-state index contributed by atoms with van der Waals surface area (Å²) in [5, 5.41) is 18.5. The van der Waals surface area contributed by atoms with Gasteiger partial charge in [0.15, 0.2) is 6.10 Å². The number of benzene rings is 1. The number of aliphatic hydroxyl groups is 1. The molecule has 1 unspecified atom stereocenters. The lowest BCUT2D eigenvalue weighted by Gasteiger charge is -2.14. The number of carbonyl (C=O) groups is 1. The van der Waals surface area contributed by atoms with Crippen molar-refractivity contribution >= 4 is 29.3 Å². The Labute approximate surface area is 110 Å². The Morgan fingerprint density at radius 3 is 2.76 bits per heavy atom. The molecule has 0 radical (unpaired) electrons. The second kappa shape index (κ2) is 6.89. The van der Waals surface area contributed by atoms with Crippen LogP contribution in [0.15, 0.2) is 23.1 Å². The fourth-order valence-electron chi connectivity index (χ4n) is 1.66. The molecular formula is C12H15ClO3S. The predicted molar refractivity (Wildman–Crippen MR) is 69.9 cm³/mol. The fourth-order valence-corrected chi connectivity index (χ4v) is 2.64. The second-order valence-corrected chi connectivity index (χ2v) is 4.77. The Morgan fingerprint density at radius 2 is 2.24 bits per heavy atom. The lowest BCUT2D eigenvalue weighted by Crippen LogP contribution is -2.12. The molecule has 1 aromatic carbocycles. The maximum absolute atomic E-state index is 10.8. The summed E-state index contributed by atoms with van der Waals surface area (Å²) in [4.78, 5) is 11.7. The average molecular weight is 275 g/mol. The van der Waals surface area contributed by atoms with Gasteiger partial charge in [-0.3, -0.25) is 0 Å². The summed E-state index contributed by atoms with van der Waals surface area (Å²) >= 11 is 7.10. The van der Waals surface area contributed by atoms with Crippen molar-refractivity contribution in [1.82, 2.24) is 0 Å². The Bertz CT molecular complexity index is 395. The molecule has 17 heavy (non-hydrogen) atoms. The molecule has 0 saturated carbocycles. The number of aliphatic hydroxyl groups excluding tert-OH is 1. The lowest BCUT2D eigenvalue weighted by atomic mass is 10.0. The van der Waals surface area contributed by atoms with Crippen molar-refractivity contribution in [2.45, 2.75) is 23.8 Å². The van der Waals surface area contributed by atoms with Crippen LogP contribution in [0, 0.1) is 0 Å². The van der Waals surface area contributed by atoms with Gasteiger partial charge in [-0.1, -0.05) is 18.2 Å². The van der Waals surface area contributed by atoms with Gasteiger partial charge in [0.2, 0.25) is 0 Å². The van der Waals surface area contributed by atoms with Crippen molar-refractivity contribution in [3.63, 3.8) is 0 Å². The molecule has 0 aliphatic heterocycles. The number of alkyl halides is 1. The molecule has 0 heterocycles. The molecule has 3 nitrogen and oxygen atoms in total. The fraction of sp³-hybridized carbons (Fsp3) is 0.417. The van der Waals surface area contributed by atoms with Gasteiger partial charge < -0.3 is 10.2 Å². The third-order valence-corrected chi connectivity index (χ3v) is 3.61. The summed E-state index contributed by atoms with van der Waals surface area (Å²) in [5.41, 5.74) is 1.49. The van der Waals surface area contributed by atoms with Gasteiger partial charge in [0.05, 0.1) is 0 Å². The molecule has 94 valence electrons. The highest BCUT2D eigenvalue weighted by Crippen LogP contribution is 2.30. The Hall–Kier alpha value is -0.710. The molecule has 0 aliphatic carbocycles. The highest BCUT2D eigenvalue weighted by molar-refractivity contribution is 7.98. The van der Waals surface area contributed by atoms with Crippen LogP contribution < -0.4 is 0 Å². The molecule has 5 heteroatoms. The second-order valence-electron chi connectivity index (χ2n) is 3.57. The first-order valence-corrected chi connectivity index (χ1v) is 7.00. The van der Waals surface area contributed by atoms with Gasteiger partial charge in [0.1, 0.15) is 0 Å². The zero-order valence-corrected chi connectivity index (χ0v) is 11.1. The molecule has 1 rings (SSSR count). The van der Waals surface area contributed by atoms with Crippen LogP contribution in [0.1, 0.15) is 23.7 Å². The molecule has 1 aromatic rings.